The Hall–Kier alpha value is -2.81. The monoisotopic (exact) mass is 796 g/mol. The fourth-order valence-corrected chi connectivity index (χ4v) is 9.10. The molecule has 3 aromatic rings. The van der Waals surface area contributed by atoms with E-state index in [9.17, 15) is 14.8 Å². The molecule has 1 aromatic heterocycles. The van der Waals surface area contributed by atoms with Gasteiger partial charge in [0, 0.05) is 23.3 Å². The molecule has 0 spiro atoms. The van der Waals surface area contributed by atoms with E-state index in [0.717, 1.165) is 46.2 Å². The van der Waals surface area contributed by atoms with Gasteiger partial charge in [0.05, 0.1) is 24.5 Å². The summed E-state index contributed by atoms with van der Waals surface area (Å²) < 4.78 is 33.0. The lowest BCUT2D eigenvalue weighted by Crippen LogP contribution is -2.52. The maximum atomic E-state index is 14.8. The Morgan fingerprint density at radius 3 is 2.11 bits per heavy atom. The lowest BCUT2D eigenvalue weighted by molar-refractivity contribution is -0.243. The third kappa shape index (κ3) is 9.84. The number of rotatable bonds is 19. The first-order chi connectivity index (χ1) is 25.5. The van der Waals surface area contributed by atoms with E-state index in [-0.39, 0.29) is 22.3 Å². The zero-order valence-electron chi connectivity index (χ0n) is 36.0. The van der Waals surface area contributed by atoms with Crippen LogP contribution in [0.2, 0.25) is 36.3 Å². The van der Waals surface area contributed by atoms with Crippen molar-refractivity contribution in [1.29, 1.82) is 0 Å². The summed E-state index contributed by atoms with van der Waals surface area (Å²) in [7, 11) is -4.74. The molecular weight excluding hydrogens is 729 g/mol. The molecule has 0 radical (unpaired) electrons. The Labute approximate surface area is 332 Å². The van der Waals surface area contributed by atoms with Crippen LogP contribution >= 0.6 is 0 Å². The number of carbonyl (C=O) groups is 2. The number of fused-ring (bicyclic) bond motifs is 1. The van der Waals surface area contributed by atoms with Crippen LogP contribution in [0.1, 0.15) is 123 Å². The van der Waals surface area contributed by atoms with Gasteiger partial charge in [0.2, 0.25) is 5.60 Å². The molecule has 2 heterocycles. The molecule has 0 saturated carbocycles. The molecular formula is C44H68O9Si2. The number of ketones is 1. The predicted octanol–water partition coefficient (Wildman–Crippen LogP) is 11.5. The Morgan fingerprint density at radius 1 is 0.945 bits per heavy atom. The molecule has 4 rings (SSSR count). The van der Waals surface area contributed by atoms with Crippen LogP contribution in [0.15, 0.2) is 47.1 Å². The number of benzene rings is 2. The van der Waals surface area contributed by atoms with Gasteiger partial charge >= 0.3 is 5.97 Å². The van der Waals surface area contributed by atoms with E-state index in [1.807, 2.05) is 25.1 Å². The van der Waals surface area contributed by atoms with Gasteiger partial charge in [-0.05, 0) is 78.6 Å². The average molecular weight is 797 g/mol. The van der Waals surface area contributed by atoms with Crippen LogP contribution in [0.5, 0.6) is 5.75 Å². The Morgan fingerprint density at radius 2 is 1.58 bits per heavy atom. The summed E-state index contributed by atoms with van der Waals surface area (Å²) in [4.78, 5) is 32.4. The molecule has 55 heavy (non-hydrogen) atoms. The van der Waals surface area contributed by atoms with Crippen LogP contribution in [0.3, 0.4) is 0 Å². The minimum atomic E-state index is -2.54. The van der Waals surface area contributed by atoms with E-state index in [1.165, 1.54) is 0 Å². The molecule has 0 bridgehead atoms. The first-order valence-corrected chi connectivity index (χ1v) is 26.0. The van der Waals surface area contributed by atoms with Crippen molar-refractivity contribution in [1.82, 2.24) is 0 Å². The summed E-state index contributed by atoms with van der Waals surface area (Å²) in [5, 5.41) is 10.3. The highest BCUT2D eigenvalue weighted by Crippen LogP contribution is 2.50. The standard InChI is InChI=1S/C44H68O9Si2/c1-15-20-32(36(45)25-38(53-55(13,14)43(8,9)10)44(41(46)52-47)37(16-2)51-44)34-27-49-40-33(34)24-31(23-29(3)4)39(48-26-30-21-18-17-19-22-30)35(40)28-50-54(11,12)42(5,6)7/h17-19,21-22,24,27,29,32,37-38,47H,15-16,20,23,25-26,28H2,1-14H3/t32?,37-,38-,44?/m0/s1. The second kappa shape index (κ2) is 17.4. The van der Waals surface area contributed by atoms with Crippen LogP contribution in [-0.2, 0) is 47.7 Å². The summed E-state index contributed by atoms with van der Waals surface area (Å²) in [6.45, 7) is 30.7. The van der Waals surface area contributed by atoms with E-state index in [2.05, 4.69) is 112 Å². The number of hydrogen-bond donors (Lipinski definition) is 1. The lowest BCUT2D eigenvalue weighted by Gasteiger charge is -2.40. The van der Waals surface area contributed by atoms with Crippen molar-refractivity contribution in [2.24, 2.45) is 5.92 Å². The molecule has 0 aliphatic carbocycles. The van der Waals surface area contributed by atoms with E-state index < -0.39 is 46.3 Å². The third-order valence-corrected chi connectivity index (χ3v) is 21.2. The summed E-state index contributed by atoms with van der Waals surface area (Å²) in [5.41, 5.74) is 2.84. The van der Waals surface area contributed by atoms with Crippen LogP contribution in [0.25, 0.3) is 11.0 Å². The normalized spacial score (nSPS) is 19.1. The van der Waals surface area contributed by atoms with Crippen molar-refractivity contribution in [3.63, 3.8) is 0 Å². The summed E-state index contributed by atoms with van der Waals surface area (Å²) in [6, 6.07) is 12.3. The molecule has 1 saturated heterocycles. The number of epoxide rings is 1. The van der Waals surface area contributed by atoms with Crippen LogP contribution in [0, 0.1) is 5.92 Å². The molecule has 0 amide bonds. The van der Waals surface area contributed by atoms with Crippen molar-refractivity contribution in [2.75, 3.05) is 0 Å². The number of Topliss-reactive ketones (excluding diaryl/α,β-unsaturated/α-hetero) is 1. The highest BCUT2D eigenvalue weighted by Gasteiger charge is 2.70. The number of furan rings is 1. The number of hydrogen-bond acceptors (Lipinski definition) is 9. The number of ether oxygens (including phenoxy) is 2. The Bertz CT molecular complexity index is 1770. The van der Waals surface area contributed by atoms with Crippen LogP contribution in [-0.4, -0.2) is 51.5 Å². The van der Waals surface area contributed by atoms with Crippen molar-refractivity contribution in [3.8, 4) is 5.75 Å². The fraction of sp³-hybridized carbons (Fsp3) is 0.636. The topological polar surface area (TPSA) is 117 Å². The van der Waals surface area contributed by atoms with Gasteiger partial charge < -0.3 is 22.7 Å². The highest BCUT2D eigenvalue weighted by molar-refractivity contribution is 6.74. The van der Waals surface area contributed by atoms with Gasteiger partial charge in [-0.2, -0.15) is 5.26 Å². The van der Waals surface area contributed by atoms with Crippen LogP contribution in [0.4, 0.5) is 0 Å². The smallest absolute Gasteiger partial charge is 0.378 e. The Balaban J connectivity index is 1.86. The van der Waals surface area contributed by atoms with Gasteiger partial charge in [-0.3, -0.25) is 9.68 Å². The maximum Gasteiger partial charge on any atom is 0.378 e. The molecule has 2 unspecified atom stereocenters. The SMILES string of the molecule is CCCC(C(=O)C[C@H](O[Si](C)(C)C(C)(C)C)C1(C(=O)OO)O[C@H]1CC)c1coc2c(CO[Si](C)(C)C(C)(C)C)c(OCc3ccccc3)c(CC(C)C)cc12. The average Bonchev–Trinajstić information content (AvgIpc) is 3.71. The molecule has 1 N–H and O–H groups in total. The quantitative estimate of drug-likeness (QED) is 0.0547. The molecule has 1 aliphatic heterocycles. The zero-order valence-corrected chi connectivity index (χ0v) is 38.0. The second-order valence-electron chi connectivity index (χ2n) is 18.9. The molecule has 2 aromatic carbocycles. The Kier molecular flexibility index (Phi) is 14.2. The molecule has 4 atom stereocenters. The number of carbonyl (C=O) groups excluding carboxylic acids is 2. The predicted molar refractivity (Wildman–Crippen MR) is 223 cm³/mol. The highest BCUT2D eigenvalue weighted by atomic mass is 28.4. The van der Waals surface area contributed by atoms with Crippen molar-refractivity contribution in [3.05, 3.63) is 64.9 Å². The minimum Gasteiger partial charge on any atom is -0.488 e. The van der Waals surface area contributed by atoms with Gasteiger partial charge in [0.1, 0.15) is 29.8 Å². The molecule has 11 heteroatoms. The minimum absolute atomic E-state index is 0.00935. The summed E-state index contributed by atoms with van der Waals surface area (Å²) >= 11 is 0. The van der Waals surface area contributed by atoms with Crippen LogP contribution < -0.4 is 4.74 Å². The first-order valence-electron chi connectivity index (χ1n) is 20.1. The largest absolute Gasteiger partial charge is 0.488 e. The summed E-state index contributed by atoms with van der Waals surface area (Å²) in [6.07, 6.45) is 2.73. The fourth-order valence-electron chi connectivity index (χ4n) is 6.84. The molecule has 9 nitrogen and oxygen atoms in total. The van der Waals surface area contributed by atoms with Crippen molar-refractivity contribution < 1.29 is 42.5 Å². The zero-order chi connectivity index (χ0) is 41.1. The van der Waals surface area contributed by atoms with E-state index in [0.29, 0.717) is 37.6 Å². The van der Waals surface area contributed by atoms with E-state index in [4.69, 9.17) is 22.7 Å². The summed E-state index contributed by atoms with van der Waals surface area (Å²) in [5.74, 6) is -0.460. The maximum absolute atomic E-state index is 14.8. The molecule has 306 valence electrons. The first kappa shape index (κ1) is 44.9. The van der Waals surface area contributed by atoms with E-state index in [1.54, 1.807) is 6.26 Å². The van der Waals surface area contributed by atoms with Gasteiger partial charge in [0.15, 0.2) is 16.6 Å². The van der Waals surface area contributed by atoms with Gasteiger partial charge in [-0.25, -0.2) is 4.79 Å². The van der Waals surface area contributed by atoms with Gasteiger partial charge in [0.25, 0.3) is 0 Å². The third-order valence-electron chi connectivity index (χ3n) is 12.2. The molecule has 1 aliphatic rings. The van der Waals surface area contributed by atoms with Crippen molar-refractivity contribution >= 4 is 39.4 Å². The lowest BCUT2D eigenvalue weighted by atomic mass is 9.84. The molecule has 1 fully saturated rings. The van der Waals surface area contributed by atoms with Crippen molar-refractivity contribution in [2.45, 2.75) is 175 Å². The van der Waals surface area contributed by atoms with E-state index >= 15 is 0 Å². The van der Waals surface area contributed by atoms with Gasteiger partial charge in [-0.1, -0.05) is 106 Å². The van der Waals surface area contributed by atoms with Gasteiger partial charge in [-0.15, -0.1) is 0 Å². The second-order valence-corrected chi connectivity index (χ2v) is 28.5.